The van der Waals surface area contributed by atoms with E-state index in [1.54, 1.807) is 0 Å². The van der Waals surface area contributed by atoms with Crippen LogP contribution in [0, 0.1) is 0 Å². The van der Waals surface area contributed by atoms with E-state index in [0.29, 0.717) is 0 Å². The van der Waals surface area contributed by atoms with Crippen molar-refractivity contribution >= 4 is 29.7 Å². The molecule has 0 atom stereocenters. The number of aliphatic carboxylic acids is 1. The number of benzene rings is 2. The molecule has 3 amide bonds. The van der Waals surface area contributed by atoms with Crippen molar-refractivity contribution in [3.63, 3.8) is 0 Å². The fourth-order valence-electron chi connectivity index (χ4n) is 3.73. The second-order valence-corrected chi connectivity index (χ2v) is 7.47. The third kappa shape index (κ3) is 5.04. The lowest BCUT2D eigenvalue weighted by Gasteiger charge is -2.14. The molecule has 0 bridgehead atoms. The summed E-state index contributed by atoms with van der Waals surface area (Å²) in [6, 6.07) is 17.2. The molecule has 0 saturated carbocycles. The normalized spacial score (nSPS) is 11.8. The van der Waals surface area contributed by atoms with E-state index in [2.05, 4.69) is 26.1 Å². The fraction of sp³-hybridized carbons (Fsp3) is 0.174. The molecular weight excluding hydrogens is 442 g/mol. The number of nitrogens with one attached hydrogen (secondary N) is 4. The maximum atomic E-state index is 12.3. The summed E-state index contributed by atoms with van der Waals surface area (Å²) in [5, 5.41) is 21.7. The lowest BCUT2D eigenvalue weighted by molar-refractivity contribution is -0.137. The molecule has 1 heterocycles. The number of amides is 3. The van der Waals surface area contributed by atoms with Crippen molar-refractivity contribution in [1.82, 2.24) is 20.8 Å². The molecule has 34 heavy (non-hydrogen) atoms. The lowest BCUT2D eigenvalue weighted by atomic mass is 9.98. The van der Waals surface area contributed by atoms with Gasteiger partial charge in [-0.2, -0.15) is 5.10 Å². The monoisotopic (exact) mass is 463 g/mol. The summed E-state index contributed by atoms with van der Waals surface area (Å²) < 4.78 is 5.43. The van der Waals surface area contributed by atoms with Crippen LogP contribution in [-0.4, -0.2) is 58.9 Å². The van der Waals surface area contributed by atoms with Crippen LogP contribution in [0.25, 0.3) is 11.1 Å². The van der Waals surface area contributed by atoms with E-state index in [4.69, 9.17) is 9.84 Å². The second kappa shape index (κ2) is 9.86. The Morgan fingerprint density at radius 2 is 1.59 bits per heavy atom. The van der Waals surface area contributed by atoms with Gasteiger partial charge < -0.3 is 20.5 Å². The molecule has 0 spiro atoms. The second-order valence-electron chi connectivity index (χ2n) is 7.47. The third-order valence-corrected chi connectivity index (χ3v) is 5.24. The van der Waals surface area contributed by atoms with Crippen LogP contribution in [0.2, 0.25) is 0 Å². The number of carbonyl (C=O) groups is 4. The van der Waals surface area contributed by atoms with Crippen LogP contribution in [0.5, 0.6) is 0 Å². The van der Waals surface area contributed by atoms with E-state index >= 15 is 0 Å². The van der Waals surface area contributed by atoms with Gasteiger partial charge in [0.2, 0.25) is 5.91 Å². The highest BCUT2D eigenvalue weighted by Gasteiger charge is 2.29. The first-order valence-electron chi connectivity index (χ1n) is 10.4. The zero-order valence-corrected chi connectivity index (χ0v) is 17.8. The third-order valence-electron chi connectivity index (χ3n) is 5.24. The van der Waals surface area contributed by atoms with Gasteiger partial charge in [0.25, 0.3) is 5.91 Å². The molecule has 1 aliphatic carbocycles. The number of rotatable bonds is 8. The fourth-order valence-corrected chi connectivity index (χ4v) is 3.73. The molecule has 0 fully saturated rings. The Morgan fingerprint density at radius 1 is 0.941 bits per heavy atom. The Kier molecular flexibility index (Phi) is 6.53. The summed E-state index contributed by atoms with van der Waals surface area (Å²) in [4.78, 5) is 46.3. The predicted molar refractivity (Wildman–Crippen MR) is 120 cm³/mol. The first-order chi connectivity index (χ1) is 16.4. The number of hydrogen-bond acceptors (Lipinski definition) is 6. The number of aromatic amines is 1. The van der Waals surface area contributed by atoms with E-state index in [-0.39, 0.29) is 24.0 Å². The minimum Gasteiger partial charge on any atom is -0.480 e. The Balaban J connectivity index is 1.30. The summed E-state index contributed by atoms with van der Waals surface area (Å²) in [6.45, 7) is -0.837. The van der Waals surface area contributed by atoms with Gasteiger partial charge in [0.05, 0.1) is 6.54 Å². The number of carbonyl (C=O) groups excluding carboxylic acids is 3. The first-order valence-corrected chi connectivity index (χ1v) is 10.4. The van der Waals surface area contributed by atoms with Gasteiger partial charge in [0, 0.05) is 12.0 Å². The van der Waals surface area contributed by atoms with Crippen LogP contribution in [0.15, 0.2) is 54.6 Å². The van der Waals surface area contributed by atoms with E-state index in [9.17, 15) is 19.2 Å². The molecular formula is C23H21N5O6. The predicted octanol–water partition coefficient (Wildman–Crippen LogP) is 1.70. The molecule has 174 valence electrons. The van der Waals surface area contributed by atoms with Crippen molar-refractivity contribution in [2.75, 3.05) is 25.0 Å². The molecule has 0 unspecified atom stereocenters. The van der Waals surface area contributed by atoms with Crippen molar-refractivity contribution in [3.05, 3.63) is 71.4 Å². The first kappa shape index (κ1) is 22.5. The van der Waals surface area contributed by atoms with E-state index in [0.717, 1.165) is 22.3 Å². The smallest absolute Gasteiger partial charge is 0.412 e. The highest BCUT2D eigenvalue weighted by molar-refractivity contribution is 5.96. The van der Waals surface area contributed by atoms with Gasteiger partial charge in [-0.3, -0.25) is 24.8 Å². The van der Waals surface area contributed by atoms with Crippen molar-refractivity contribution < 1.29 is 29.0 Å². The minimum absolute atomic E-state index is 0.0000165. The van der Waals surface area contributed by atoms with Crippen molar-refractivity contribution in [1.29, 1.82) is 0 Å². The average Bonchev–Trinajstić information content (AvgIpc) is 3.42. The number of carboxylic acid groups (broad SMARTS) is 1. The van der Waals surface area contributed by atoms with Gasteiger partial charge in [-0.05, 0) is 22.3 Å². The Morgan fingerprint density at radius 3 is 2.24 bits per heavy atom. The van der Waals surface area contributed by atoms with Gasteiger partial charge in [0.15, 0.2) is 5.82 Å². The van der Waals surface area contributed by atoms with Crippen LogP contribution in [0.1, 0.15) is 27.5 Å². The highest BCUT2D eigenvalue weighted by atomic mass is 16.5. The summed E-state index contributed by atoms with van der Waals surface area (Å²) in [5.41, 5.74) is 4.41. The molecule has 5 N–H and O–H groups in total. The maximum absolute atomic E-state index is 12.3. The lowest BCUT2D eigenvalue weighted by Crippen LogP contribution is -2.39. The van der Waals surface area contributed by atoms with E-state index in [1.165, 1.54) is 6.07 Å². The number of fused-ring (bicyclic) bond motifs is 3. The highest BCUT2D eigenvalue weighted by Crippen LogP contribution is 2.44. The number of ether oxygens (including phenoxy) is 1. The van der Waals surface area contributed by atoms with Crippen LogP contribution < -0.4 is 16.0 Å². The van der Waals surface area contributed by atoms with Crippen LogP contribution >= 0.6 is 0 Å². The summed E-state index contributed by atoms with van der Waals surface area (Å²) in [7, 11) is 0. The van der Waals surface area contributed by atoms with Crippen LogP contribution in [0.4, 0.5) is 10.6 Å². The number of H-pyrrole nitrogens is 1. The largest absolute Gasteiger partial charge is 0.480 e. The van der Waals surface area contributed by atoms with Crippen LogP contribution in [-0.2, 0) is 14.3 Å². The molecule has 4 rings (SSSR count). The van der Waals surface area contributed by atoms with Gasteiger partial charge in [-0.1, -0.05) is 48.5 Å². The van der Waals surface area contributed by atoms with Gasteiger partial charge in [-0.15, -0.1) is 0 Å². The molecule has 0 radical (unpaired) electrons. The Bertz CT molecular complexity index is 1210. The molecule has 0 aliphatic heterocycles. The summed E-state index contributed by atoms with van der Waals surface area (Å²) >= 11 is 0. The number of carboxylic acids is 1. The van der Waals surface area contributed by atoms with E-state index < -0.39 is 37.0 Å². The topological polar surface area (TPSA) is 163 Å². The number of aromatic nitrogens is 2. The molecule has 1 aliphatic rings. The van der Waals surface area contributed by atoms with Crippen molar-refractivity contribution in [2.45, 2.75) is 5.92 Å². The molecule has 2 aromatic carbocycles. The van der Waals surface area contributed by atoms with Gasteiger partial charge in [-0.25, -0.2) is 4.79 Å². The number of nitrogens with zero attached hydrogens (tertiary/aromatic N) is 1. The molecule has 3 aromatic rings. The molecule has 11 heteroatoms. The van der Waals surface area contributed by atoms with Gasteiger partial charge in [0.1, 0.15) is 18.8 Å². The van der Waals surface area contributed by atoms with Crippen molar-refractivity contribution in [3.8, 4) is 11.1 Å². The average molecular weight is 463 g/mol. The summed E-state index contributed by atoms with van der Waals surface area (Å²) in [5.74, 6) is -2.54. The molecule has 1 aromatic heterocycles. The standard InChI is InChI=1S/C23H21N5O6/c29-20(24-11-21(30)31)10-25-22(32)18-9-19(28-27-18)26-23(33)34-12-17-15-7-3-1-5-13(15)14-6-2-4-8-16(14)17/h1-9,17H,10-12H2,(H,24,29)(H,25,32)(H,30,31)(H2,26,27,28,33). The Labute approximate surface area is 193 Å². The zero-order chi connectivity index (χ0) is 24.1. The number of anilines is 1. The van der Waals surface area contributed by atoms with E-state index in [1.807, 2.05) is 48.5 Å². The minimum atomic E-state index is -1.20. The number of hydrogen-bond donors (Lipinski definition) is 5. The maximum Gasteiger partial charge on any atom is 0.412 e. The van der Waals surface area contributed by atoms with Crippen molar-refractivity contribution in [2.24, 2.45) is 0 Å². The molecule has 0 saturated heterocycles. The van der Waals surface area contributed by atoms with Gasteiger partial charge >= 0.3 is 12.1 Å². The summed E-state index contributed by atoms with van der Waals surface area (Å²) in [6.07, 6.45) is -0.728. The molecule has 11 nitrogen and oxygen atoms in total. The van der Waals surface area contributed by atoms with Crippen LogP contribution in [0.3, 0.4) is 0 Å². The SMILES string of the molecule is O=C(O)CNC(=O)CNC(=O)c1cc(NC(=O)OCC2c3ccccc3-c3ccccc32)n[nH]1. The quantitative estimate of drug-likeness (QED) is 0.339. The zero-order valence-electron chi connectivity index (χ0n) is 17.8. The Hall–Kier alpha value is -4.67.